The molecule has 0 bridgehead atoms. The highest BCUT2D eigenvalue weighted by atomic mass is 16.5. The zero-order valence-electron chi connectivity index (χ0n) is 10.9. The highest BCUT2D eigenvalue weighted by Gasteiger charge is 2.23. The van der Waals surface area contributed by atoms with Gasteiger partial charge in [0, 0.05) is 11.9 Å². The average Bonchev–Trinajstić information content (AvgIpc) is 2.93. The first-order chi connectivity index (χ1) is 8.74. The summed E-state index contributed by atoms with van der Waals surface area (Å²) in [5.41, 5.74) is 2.16. The highest BCUT2D eigenvalue weighted by molar-refractivity contribution is 5.19. The van der Waals surface area contributed by atoms with Crippen molar-refractivity contribution in [2.24, 2.45) is 0 Å². The second kappa shape index (κ2) is 5.85. The molecule has 2 N–H and O–H groups in total. The first-order valence-corrected chi connectivity index (χ1v) is 6.39. The van der Waals surface area contributed by atoms with Crippen molar-refractivity contribution in [2.75, 3.05) is 0 Å². The second-order valence-electron chi connectivity index (χ2n) is 4.52. The summed E-state index contributed by atoms with van der Waals surface area (Å²) in [6, 6.07) is 14.0. The first-order valence-electron chi connectivity index (χ1n) is 6.39. The van der Waals surface area contributed by atoms with Crippen molar-refractivity contribution in [3.8, 4) is 0 Å². The van der Waals surface area contributed by atoms with Crippen LogP contribution < -0.4 is 0 Å². The molecule has 1 heterocycles. The van der Waals surface area contributed by atoms with E-state index in [0.29, 0.717) is 0 Å². The molecule has 1 aromatic heterocycles. The lowest BCUT2D eigenvalue weighted by Gasteiger charge is -2.30. The zero-order valence-corrected chi connectivity index (χ0v) is 10.9. The van der Waals surface area contributed by atoms with E-state index in [0.717, 1.165) is 17.7 Å². The molecule has 1 unspecified atom stereocenters. The smallest absolute Gasteiger partial charge is 0.0753 e. The van der Waals surface area contributed by atoms with Gasteiger partial charge in [0.1, 0.15) is 0 Å². The van der Waals surface area contributed by atoms with Crippen LogP contribution in [-0.4, -0.2) is 15.3 Å². The molecule has 2 rings (SSSR count). The van der Waals surface area contributed by atoms with E-state index in [1.807, 2.05) is 55.6 Å². The van der Waals surface area contributed by atoms with E-state index < -0.39 is 0 Å². The summed E-state index contributed by atoms with van der Waals surface area (Å²) in [6.07, 6.45) is 2.74. The van der Waals surface area contributed by atoms with E-state index in [1.165, 1.54) is 5.06 Å². The van der Waals surface area contributed by atoms with E-state index in [4.69, 9.17) is 0 Å². The van der Waals surface area contributed by atoms with Gasteiger partial charge in [0.05, 0.1) is 12.1 Å². The number of nitrogens with zero attached hydrogens (tertiary/aromatic N) is 1. The number of nitrogens with one attached hydrogen (secondary N) is 1. The summed E-state index contributed by atoms with van der Waals surface area (Å²) in [4.78, 5) is 3.17. The van der Waals surface area contributed by atoms with E-state index in [2.05, 4.69) is 11.9 Å². The second-order valence-corrected chi connectivity index (χ2v) is 4.52. The van der Waals surface area contributed by atoms with Gasteiger partial charge >= 0.3 is 0 Å². The van der Waals surface area contributed by atoms with Crippen LogP contribution in [0.1, 0.15) is 43.6 Å². The Kier molecular flexibility index (Phi) is 4.18. The van der Waals surface area contributed by atoms with Crippen LogP contribution in [-0.2, 0) is 0 Å². The number of hydrogen-bond donors (Lipinski definition) is 2. The maximum Gasteiger partial charge on any atom is 0.0753 e. The van der Waals surface area contributed by atoms with Crippen molar-refractivity contribution in [3.63, 3.8) is 0 Å². The van der Waals surface area contributed by atoms with Crippen molar-refractivity contribution >= 4 is 0 Å². The van der Waals surface area contributed by atoms with Gasteiger partial charge in [-0.05, 0) is 31.0 Å². The topological polar surface area (TPSA) is 39.3 Å². The number of benzene rings is 1. The van der Waals surface area contributed by atoms with Crippen LogP contribution in [0.4, 0.5) is 0 Å². The molecule has 0 aliphatic rings. The fourth-order valence-corrected chi connectivity index (χ4v) is 2.26. The summed E-state index contributed by atoms with van der Waals surface area (Å²) in [6.45, 7) is 4.09. The minimum absolute atomic E-state index is 0.00444. The van der Waals surface area contributed by atoms with Crippen LogP contribution >= 0.6 is 0 Å². The molecule has 2 atom stereocenters. The van der Waals surface area contributed by atoms with Gasteiger partial charge in [0.2, 0.25) is 0 Å². The molecule has 0 radical (unpaired) electrons. The lowest BCUT2D eigenvalue weighted by Crippen LogP contribution is -2.28. The molecule has 96 valence electrons. The molecule has 0 amide bonds. The van der Waals surface area contributed by atoms with Crippen LogP contribution in [0, 0.1) is 0 Å². The largest absolute Gasteiger partial charge is 0.364 e. The maximum absolute atomic E-state index is 10.4. The molecule has 2 aromatic rings. The molecule has 0 aliphatic carbocycles. The quantitative estimate of drug-likeness (QED) is 0.782. The van der Waals surface area contributed by atoms with E-state index in [-0.39, 0.29) is 12.1 Å². The Morgan fingerprint density at radius 3 is 2.44 bits per heavy atom. The monoisotopic (exact) mass is 244 g/mol. The normalized spacial score (nSPS) is 14.7. The van der Waals surface area contributed by atoms with Gasteiger partial charge in [-0.25, -0.2) is 0 Å². The fourth-order valence-electron chi connectivity index (χ4n) is 2.26. The summed E-state index contributed by atoms with van der Waals surface area (Å²) < 4.78 is 0. The molecule has 0 aliphatic heterocycles. The maximum atomic E-state index is 10.4. The molecule has 0 saturated carbocycles. The van der Waals surface area contributed by atoms with Gasteiger partial charge in [-0.15, -0.1) is 0 Å². The van der Waals surface area contributed by atoms with E-state index in [9.17, 15) is 5.21 Å². The highest BCUT2D eigenvalue weighted by Crippen LogP contribution is 2.29. The number of aromatic amines is 1. The Morgan fingerprint density at radius 2 is 1.89 bits per heavy atom. The van der Waals surface area contributed by atoms with Crippen molar-refractivity contribution in [1.82, 2.24) is 10.0 Å². The van der Waals surface area contributed by atoms with Crippen LogP contribution in [0.25, 0.3) is 0 Å². The number of H-pyrrole nitrogens is 1. The van der Waals surface area contributed by atoms with Gasteiger partial charge in [-0.3, -0.25) is 0 Å². The Hall–Kier alpha value is -1.58. The van der Waals surface area contributed by atoms with Crippen LogP contribution in [0.15, 0.2) is 48.7 Å². The average molecular weight is 244 g/mol. The minimum Gasteiger partial charge on any atom is -0.364 e. The van der Waals surface area contributed by atoms with Gasteiger partial charge in [0.25, 0.3) is 0 Å². The molecule has 0 fully saturated rings. The number of aromatic nitrogens is 1. The summed E-state index contributed by atoms with van der Waals surface area (Å²) in [5.74, 6) is 0. The Balaban J connectivity index is 2.17. The molecule has 0 saturated heterocycles. The van der Waals surface area contributed by atoms with Crippen LogP contribution in [0.3, 0.4) is 0 Å². The Bertz CT molecular complexity index is 453. The van der Waals surface area contributed by atoms with E-state index >= 15 is 0 Å². The third-order valence-electron chi connectivity index (χ3n) is 3.37. The molecule has 0 spiro atoms. The van der Waals surface area contributed by atoms with Gasteiger partial charge < -0.3 is 10.2 Å². The Morgan fingerprint density at radius 1 is 1.17 bits per heavy atom. The summed E-state index contributed by atoms with van der Waals surface area (Å²) >= 11 is 0. The molecule has 3 nitrogen and oxygen atoms in total. The van der Waals surface area contributed by atoms with Crippen LogP contribution in [0.2, 0.25) is 0 Å². The lowest BCUT2D eigenvalue weighted by molar-refractivity contribution is -0.161. The number of hydroxylamine groups is 2. The molecule has 1 aromatic carbocycles. The summed E-state index contributed by atoms with van der Waals surface area (Å²) in [5, 5.41) is 11.8. The SMILES string of the molecule is CCC(c1ccc[nH]1)N(O)[C@@H](C)c1ccccc1. The lowest BCUT2D eigenvalue weighted by atomic mass is 10.0. The van der Waals surface area contributed by atoms with Gasteiger partial charge in [0.15, 0.2) is 0 Å². The standard InChI is InChI=1S/C15H20N2O/c1-3-15(14-10-7-11-16-14)17(18)12(2)13-8-5-4-6-9-13/h4-12,15-16,18H,3H2,1-2H3/t12-,15?/m0/s1. The first kappa shape index (κ1) is 12.9. The van der Waals surface area contributed by atoms with E-state index in [1.54, 1.807) is 0 Å². The predicted octanol–water partition coefficient (Wildman–Crippen LogP) is 3.92. The number of hydrogen-bond acceptors (Lipinski definition) is 2. The van der Waals surface area contributed by atoms with Crippen LogP contribution in [0.5, 0.6) is 0 Å². The summed E-state index contributed by atoms with van der Waals surface area (Å²) in [7, 11) is 0. The molecule has 18 heavy (non-hydrogen) atoms. The van der Waals surface area contributed by atoms with Crippen molar-refractivity contribution in [2.45, 2.75) is 32.4 Å². The van der Waals surface area contributed by atoms with Gasteiger partial charge in [-0.1, -0.05) is 37.3 Å². The molecular formula is C15H20N2O. The van der Waals surface area contributed by atoms with Crippen molar-refractivity contribution in [3.05, 3.63) is 59.9 Å². The fraction of sp³-hybridized carbons (Fsp3) is 0.333. The number of rotatable bonds is 5. The molecular weight excluding hydrogens is 224 g/mol. The minimum atomic E-state index is -0.0283. The Labute approximate surface area is 108 Å². The third-order valence-corrected chi connectivity index (χ3v) is 3.37. The third kappa shape index (κ3) is 2.63. The molecule has 3 heteroatoms. The van der Waals surface area contributed by atoms with Gasteiger partial charge in [-0.2, -0.15) is 5.06 Å². The zero-order chi connectivity index (χ0) is 13.0. The van der Waals surface area contributed by atoms with Crippen molar-refractivity contribution in [1.29, 1.82) is 0 Å². The van der Waals surface area contributed by atoms with Crippen molar-refractivity contribution < 1.29 is 5.21 Å². The predicted molar refractivity (Wildman–Crippen MR) is 72.3 cm³/mol.